The molecule has 0 saturated carbocycles. The van der Waals surface area contributed by atoms with E-state index in [0.29, 0.717) is 25.2 Å². The Morgan fingerprint density at radius 3 is 2.56 bits per heavy atom. The fraction of sp³-hybridized carbons (Fsp3) is 0.346. The van der Waals surface area contributed by atoms with E-state index >= 15 is 0 Å². The lowest BCUT2D eigenvalue weighted by Crippen LogP contribution is -2.31. The van der Waals surface area contributed by atoms with Gasteiger partial charge in [0.25, 0.3) is 0 Å². The third-order valence-electron chi connectivity index (χ3n) is 5.76. The van der Waals surface area contributed by atoms with E-state index in [1.54, 1.807) is 0 Å². The van der Waals surface area contributed by atoms with Crippen LogP contribution in [0, 0.1) is 6.92 Å². The monoisotopic (exact) mass is 432 g/mol. The quantitative estimate of drug-likeness (QED) is 0.201. The number of rotatable bonds is 7. The standard InChI is InChI=1S/C26H29N3O3/c1-5-29(6-2)22-16-23-21(14-17(22)4)28-26-19-11-9-8-10-18(19)20(15-24(26)32-23)27-13-12-25(30)31-7-3/h8-11,14-16H,5-7,12-13H2,1-4H3/p+1. The van der Waals surface area contributed by atoms with Gasteiger partial charge in [0.1, 0.15) is 24.3 Å². The Morgan fingerprint density at radius 1 is 1.09 bits per heavy atom. The number of aromatic nitrogens is 1. The van der Waals surface area contributed by atoms with Gasteiger partial charge in [-0.3, -0.25) is 4.79 Å². The molecule has 2 aromatic carbocycles. The summed E-state index contributed by atoms with van der Waals surface area (Å²) in [5.41, 5.74) is 4.49. The average molecular weight is 433 g/mol. The molecule has 0 fully saturated rings. The van der Waals surface area contributed by atoms with E-state index in [2.05, 4.69) is 54.9 Å². The highest BCUT2D eigenvalue weighted by molar-refractivity contribution is 6.10. The number of fused-ring (bicyclic) bond motifs is 4. The second-order valence-corrected chi connectivity index (χ2v) is 7.79. The zero-order valence-corrected chi connectivity index (χ0v) is 19.2. The van der Waals surface area contributed by atoms with Crippen LogP contribution in [-0.4, -0.2) is 37.2 Å². The summed E-state index contributed by atoms with van der Waals surface area (Å²) in [5, 5.41) is 6.60. The van der Waals surface area contributed by atoms with Gasteiger partial charge in [-0.15, -0.1) is 0 Å². The maximum atomic E-state index is 11.7. The first kappa shape index (κ1) is 21.8. The number of carbonyl (C=O) groups excluding carboxylic acids is 1. The summed E-state index contributed by atoms with van der Waals surface area (Å²) < 4.78 is 13.7. The van der Waals surface area contributed by atoms with Crippen LogP contribution in [0.1, 0.15) is 32.8 Å². The van der Waals surface area contributed by atoms with E-state index in [-0.39, 0.29) is 5.97 Å². The molecule has 1 heterocycles. The largest absolute Gasteiger partial charge is 0.466 e. The van der Waals surface area contributed by atoms with Gasteiger partial charge in [-0.2, -0.15) is 0 Å². The van der Waals surface area contributed by atoms with Crippen LogP contribution in [-0.2, 0) is 9.53 Å². The average Bonchev–Trinajstić information content (AvgIpc) is 2.79. The first-order valence-corrected chi connectivity index (χ1v) is 11.3. The summed E-state index contributed by atoms with van der Waals surface area (Å²) in [7, 11) is 0. The number of nitrogens with zero attached hydrogens (tertiary/aromatic N) is 2. The van der Waals surface area contributed by atoms with E-state index in [1.807, 2.05) is 25.1 Å². The van der Waals surface area contributed by atoms with Gasteiger partial charge in [0, 0.05) is 34.6 Å². The molecular formula is C26H30N3O3+. The number of anilines is 1. The topological polar surface area (TPSA) is 67.4 Å². The molecule has 2 aliphatic rings. The minimum Gasteiger partial charge on any atom is -0.466 e. The van der Waals surface area contributed by atoms with Gasteiger partial charge >= 0.3 is 5.97 Å². The molecule has 0 aromatic heterocycles. The van der Waals surface area contributed by atoms with Gasteiger partial charge in [0.05, 0.1) is 19.1 Å². The van der Waals surface area contributed by atoms with Crippen molar-refractivity contribution in [2.75, 3.05) is 31.6 Å². The first-order chi connectivity index (χ1) is 15.5. The Kier molecular flexibility index (Phi) is 6.40. The maximum absolute atomic E-state index is 11.7. The molecule has 0 atom stereocenters. The highest BCUT2D eigenvalue weighted by atomic mass is 16.5. The van der Waals surface area contributed by atoms with Gasteiger partial charge in [-0.05, 0) is 33.8 Å². The summed E-state index contributed by atoms with van der Waals surface area (Å²) in [5.74, 6) is 0.555. The van der Waals surface area contributed by atoms with Crippen molar-refractivity contribution in [3.63, 3.8) is 0 Å². The van der Waals surface area contributed by atoms with Gasteiger partial charge in [-0.1, -0.05) is 24.3 Å². The molecule has 6 heteroatoms. The summed E-state index contributed by atoms with van der Waals surface area (Å²) in [6.45, 7) is 11.0. The fourth-order valence-electron chi connectivity index (χ4n) is 4.18. The van der Waals surface area contributed by atoms with Crippen LogP contribution in [0.5, 0.6) is 0 Å². The Hall–Kier alpha value is -3.41. The Labute approximate surface area is 187 Å². The van der Waals surface area contributed by atoms with Crippen LogP contribution in [0.15, 0.2) is 46.9 Å². The van der Waals surface area contributed by atoms with E-state index in [4.69, 9.17) is 14.1 Å². The molecule has 0 bridgehead atoms. The van der Waals surface area contributed by atoms with Crippen LogP contribution in [0.25, 0.3) is 33.3 Å². The molecule has 0 unspecified atom stereocenters. The Balaban J connectivity index is 1.86. The lowest BCUT2D eigenvalue weighted by molar-refractivity contribution is -0.142. The molecule has 0 saturated heterocycles. The van der Waals surface area contributed by atoms with Gasteiger partial charge in [-0.25, -0.2) is 9.56 Å². The predicted octanol–water partition coefficient (Wildman–Crippen LogP) is 4.57. The number of ether oxygens (including phenoxy) is 1. The molecule has 32 heavy (non-hydrogen) atoms. The van der Waals surface area contributed by atoms with Crippen molar-refractivity contribution in [2.45, 2.75) is 34.1 Å². The van der Waals surface area contributed by atoms with Crippen molar-refractivity contribution in [1.82, 2.24) is 9.56 Å². The number of hydrogen-bond acceptors (Lipinski definition) is 5. The normalized spacial score (nSPS) is 11.2. The lowest BCUT2D eigenvalue weighted by Gasteiger charge is -2.14. The molecule has 2 aromatic rings. The van der Waals surface area contributed by atoms with Crippen LogP contribution in [0.4, 0.5) is 5.69 Å². The molecule has 0 spiro atoms. The summed E-state index contributed by atoms with van der Waals surface area (Å²) in [6.07, 6.45) is 0.305. The fourth-order valence-corrected chi connectivity index (χ4v) is 4.18. The number of benzene rings is 3. The van der Waals surface area contributed by atoms with Crippen molar-refractivity contribution < 1.29 is 13.9 Å². The van der Waals surface area contributed by atoms with Gasteiger partial charge in [0.15, 0.2) is 11.3 Å². The molecule has 6 nitrogen and oxygen atoms in total. The first-order valence-electron chi connectivity index (χ1n) is 11.3. The summed E-state index contributed by atoms with van der Waals surface area (Å²) in [6, 6.07) is 14.3. The third-order valence-corrected chi connectivity index (χ3v) is 5.76. The second kappa shape index (κ2) is 9.39. The van der Waals surface area contributed by atoms with E-state index in [0.717, 1.165) is 46.5 Å². The molecule has 166 valence electrons. The summed E-state index contributed by atoms with van der Waals surface area (Å²) in [4.78, 5) is 16.7. The SMILES string of the molecule is CCOC(=O)CCNc1cc2oc3cc(=[N+](CC)CC)c(C)cc-3nc2c2ccccc12. The molecule has 4 rings (SSSR count). The van der Waals surface area contributed by atoms with E-state index < -0.39 is 0 Å². The van der Waals surface area contributed by atoms with Crippen LogP contribution >= 0.6 is 0 Å². The molecule has 0 amide bonds. The van der Waals surface area contributed by atoms with E-state index in [1.165, 1.54) is 10.9 Å². The zero-order chi connectivity index (χ0) is 22.7. The second-order valence-electron chi connectivity index (χ2n) is 7.79. The number of aryl methyl sites for hydroxylation is 1. The van der Waals surface area contributed by atoms with Crippen LogP contribution in [0.3, 0.4) is 0 Å². The van der Waals surface area contributed by atoms with Crippen molar-refractivity contribution in [3.8, 4) is 11.5 Å². The molecule has 1 N–H and O–H groups in total. The highest BCUT2D eigenvalue weighted by Gasteiger charge is 2.17. The van der Waals surface area contributed by atoms with Crippen molar-refractivity contribution in [2.24, 2.45) is 0 Å². The smallest absolute Gasteiger partial charge is 0.307 e. The minimum atomic E-state index is -0.207. The molecule has 1 aliphatic heterocycles. The van der Waals surface area contributed by atoms with Crippen molar-refractivity contribution in [3.05, 3.63) is 53.4 Å². The molecule has 1 aliphatic carbocycles. The number of esters is 1. The maximum Gasteiger partial charge on any atom is 0.307 e. The van der Waals surface area contributed by atoms with Gasteiger partial charge in [0.2, 0.25) is 5.36 Å². The Bertz CT molecular complexity index is 1320. The minimum absolute atomic E-state index is 0.207. The third kappa shape index (κ3) is 4.17. The van der Waals surface area contributed by atoms with Crippen molar-refractivity contribution in [1.29, 1.82) is 0 Å². The number of hydrogen-bond donors (Lipinski definition) is 1. The van der Waals surface area contributed by atoms with Crippen LogP contribution in [0.2, 0.25) is 0 Å². The highest BCUT2D eigenvalue weighted by Crippen LogP contribution is 2.34. The molecule has 0 radical (unpaired) electrons. The summed E-state index contributed by atoms with van der Waals surface area (Å²) >= 11 is 0. The number of nitrogens with one attached hydrogen (secondary N) is 1. The van der Waals surface area contributed by atoms with Gasteiger partial charge < -0.3 is 14.5 Å². The predicted molar refractivity (Wildman–Crippen MR) is 129 cm³/mol. The van der Waals surface area contributed by atoms with E-state index in [9.17, 15) is 4.79 Å². The zero-order valence-electron chi connectivity index (χ0n) is 19.2. The molecular weight excluding hydrogens is 402 g/mol. The Morgan fingerprint density at radius 2 is 1.84 bits per heavy atom. The number of carbonyl (C=O) groups is 1. The van der Waals surface area contributed by atoms with Crippen molar-refractivity contribution >= 4 is 33.5 Å². The lowest BCUT2D eigenvalue weighted by atomic mass is 10.1. The van der Waals surface area contributed by atoms with Crippen LogP contribution < -0.4 is 15.2 Å².